The van der Waals surface area contributed by atoms with E-state index in [0.717, 1.165) is 19.0 Å². The van der Waals surface area contributed by atoms with Crippen LogP contribution >= 0.6 is 0 Å². The second kappa shape index (κ2) is 1.76. The minimum Gasteiger partial charge on any atom is -0.277 e. The second-order valence-corrected chi connectivity index (χ2v) is 2.28. The first-order valence-corrected chi connectivity index (χ1v) is 3.27. The summed E-state index contributed by atoms with van der Waals surface area (Å²) in [6, 6.07) is 0. The van der Waals surface area contributed by atoms with E-state index in [4.69, 9.17) is 0 Å². The third-order valence-corrected chi connectivity index (χ3v) is 1.63. The fourth-order valence-corrected chi connectivity index (χ4v) is 1.16. The first-order chi connectivity index (χ1) is 4.47. The van der Waals surface area contributed by atoms with Crippen molar-refractivity contribution in [2.45, 2.75) is 13.0 Å². The summed E-state index contributed by atoms with van der Waals surface area (Å²) in [4.78, 5) is 3.11. The molecule has 1 aliphatic rings. The monoisotopic (exact) mass is 124 g/mol. The lowest BCUT2D eigenvalue weighted by Gasteiger charge is -2.07. The Bertz CT molecular complexity index is 183. The van der Waals surface area contributed by atoms with Crippen LogP contribution in [0.15, 0.2) is 12.4 Å². The molecule has 0 radical (unpaired) electrons. The summed E-state index contributed by atoms with van der Waals surface area (Å²) in [5.74, 6) is 1.14. The van der Waals surface area contributed by atoms with Gasteiger partial charge in [0.25, 0.3) is 0 Å². The van der Waals surface area contributed by atoms with E-state index in [9.17, 15) is 0 Å². The minimum atomic E-state index is 1.10. The highest BCUT2D eigenvalue weighted by Gasteiger charge is 2.12. The van der Waals surface area contributed by atoms with E-state index in [1.807, 2.05) is 6.20 Å². The van der Waals surface area contributed by atoms with E-state index >= 15 is 0 Å². The molecule has 2 rings (SSSR count). The number of aryl methyl sites for hydroxylation is 1. The molecule has 3 nitrogen and oxygen atoms in total. The molecule has 9 heavy (non-hydrogen) atoms. The summed E-state index contributed by atoms with van der Waals surface area (Å²) in [6.45, 7) is 2.24. The van der Waals surface area contributed by atoms with Gasteiger partial charge in [0.2, 0.25) is 0 Å². The number of rotatable bonds is 0. The van der Waals surface area contributed by atoms with Gasteiger partial charge in [-0.15, -0.1) is 0 Å². The molecule has 0 saturated heterocycles. The quantitative estimate of drug-likeness (QED) is 0.473. The number of hydrogen-bond donors (Lipinski definition) is 2. The van der Waals surface area contributed by atoms with Crippen LogP contribution in [0.25, 0.3) is 0 Å². The molecule has 0 spiro atoms. The molecule has 1 aromatic heterocycles. The lowest BCUT2D eigenvalue weighted by atomic mass is 10.4. The molecule has 48 valence electrons. The summed E-state index contributed by atoms with van der Waals surface area (Å²) in [7, 11) is 0. The smallest absolute Gasteiger partial charge is 0.277 e. The summed E-state index contributed by atoms with van der Waals surface area (Å²) in [5, 5.41) is 3.25. The van der Waals surface area contributed by atoms with Crippen molar-refractivity contribution in [3.05, 3.63) is 12.4 Å². The SMILES string of the molecule is c1c[n+]2c([nH]1)NCCC2. The van der Waals surface area contributed by atoms with E-state index in [1.54, 1.807) is 0 Å². The van der Waals surface area contributed by atoms with Gasteiger partial charge in [0.05, 0.1) is 25.5 Å². The fourth-order valence-electron chi connectivity index (χ4n) is 1.16. The Balaban J connectivity index is 2.39. The number of nitrogens with one attached hydrogen (secondary N) is 2. The molecule has 0 atom stereocenters. The van der Waals surface area contributed by atoms with E-state index in [-0.39, 0.29) is 0 Å². The fraction of sp³-hybridized carbons (Fsp3) is 0.500. The molecule has 0 aliphatic carbocycles. The van der Waals surface area contributed by atoms with Crippen molar-refractivity contribution in [1.82, 2.24) is 4.98 Å². The van der Waals surface area contributed by atoms with Crippen LogP contribution < -0.4 is 9.88 Å². The van der Waals surface area contributed by atoms with Crippen molar-refractivity contribution in [2.75, 3.05) is 11.9 Å². The van der Waals surface area contributed by atoms with Crippen LogP contribution in [0.5, 0.6) is 0 Å². The van der Waals surface area contributed by atoms with E-state index in [2.05, 4.69) is 21.1 Å². The second-order valence-electron chi connectivity index (χ2n) is 2.28. The molecule has 0 unspecified atom stereocenters. The van der Waals surface area contributed by atoms with Crippen LogP contribution in [0.4, 0.5) is 5.95 Å². The number of anilines is 1. The average Bonchev–Trinajstić information content (AvgIpc) is 2.33. The van der Waals surface area contributed by atoms with Crippen molar-refractivity contribution >= 4 is 5.95 Å². The number of H-pyrrole nitrogens is 1. The Morgan fingerprint density at radius 1 is 1.56 bits per heavy atom. The first-order valence-electron chi connectivity index (χ1n) is 3.27. The molecular weight excluding hydrogens is 114 g/mol. The summed E-state index contributed by atoms with van der Waals surface area (Å²) in [6.07, 6.45) is 5.24. The van der Waals surface area contributed by atoms with E-state index in [1.165, 1.54) is 6.42 Å². The average molecular weight is 124 g/mol. The highest BCUT2D eigenvalue weighted by atomic mass is 15.2. The van der Waals surface area contributed by atoms with Gasteiger partial charge in [0.15, 0.2) is 0 Å². The van der Waals surface area contributed by atoms with Gasteiger partial charge in [-0.1, -0.05) is 0 Å². The van der Waals surface area contributed by atoms with Gasteiger partial charge in [-0.2, -0.15) is 0 Å². The van der Waals surface area contributed by atoms with Crippen LogP contribution in [0.2, 0.25) is 0 Å². The van der Waals surface area contributed by atoms with Crippen LogP contribution in [-0.4, -0.2) is 11.5 Å². The summed E-state index contributed by atoms with van der Waals surface area (Å²) in [5.41, 5.74) is 0. The Labute approximate surface area is 53.7 Å². The lowest BCUT2D eigenvalue weighted by Crippen LogP contribution is -2.40. The van der Waals surface area contributed by atoms with Gasteiger partial charge in [0, 0.05) is 6.42 Å². The number of nitrogens with zero attached hydrogens (tertiary/aromatic N) is 1. The van der Waals surface area contributed by atoms with E-state index in [0.29, 0.717) is 0 Å². The highest BCUT2D eigenvalue weighted by molar-refractivity contribution is 5.16. The molecule has 1 aromatic rings. The number of aromatic nitrogens is 2. The Morgan fingerprint density at radius 3 is 3.44 bits per heavy atom. The van der Waals surface area contributed by atoms with Crippen molar-refractivity contribution in [2.24, 2.45) is 0 Å². The summed E-state index contributed by atoms with van der Waals surface area (Å²) >= 11 is 0. The van der Waals surface area contributed by atoms with Gasteiger partial charge >= 0.3 is 5.95 Å². The Morgan fingerprint density at radius 2 is 2.56 bits per heavy atom. The van der Waals surface area contributed by atoms with Gasteiger partial charge in [-0.05, 0) is 0 Å². The van der Waals surface area contributed by atoms with Crippen molar-refractivity contribution in [3.63, 3.8) is 0 Å². The largest absolute Gasteiger partial charge is 0.354 e. The minimum absolute atomic E-state index is 1.10. The molecule has 1 aliphatic heterocycles. The normalized spacial score (nSPS) is 16.4. The molecular formula is C6H10N3+. The predicted molar refractivity (Wildman–Crippen MR) is 34.1 cm³/mol. The predicted octanol–water partition coefficient (Wildman–Crippen LogP) is 0.118. The number of hydrogen-bond acceptors (Lipinski definition) is 1. The summed E-state index contributed by atoms with van der Waals surface area (Å²) < 4.78 is 2.18. The zero-order valence-corrected chi connectivity index (χ0v) is 5.22. The van der Waals surface area contributed by atoms with Gasteiger partial charge in [-0.25, -0.2) is 9.55 Å². The number of imidazole rings is 1. The molecule has 2 heterocycles. The number of aromatic amines is 1. The molecule has 0 fully saturated rings. The maximum Gasteiger partial charge on any atom is 0.354 e. The van der Waals surface area contributed by atoms with Gasteiger partial charge in [-0.3, -0.25) is 5.32 Å². The first kappa shape index (κ1) is 4.85. The maximum atomic E-state index is 3.25. The van der Waals surface area contributed by atoms with E-state index < -0.39 is 0 Å². The van der Waals surface area contributed by atoms with Gasteiger partial charge < -0.3 is 0 Å². The topological polar surface area (TPSA) is 31.7 Å². The van der Waals surface area contributed by atoms with Crippen molar-refractivity contribution < 1.29 is 4.57 Å². The highest BCUT2D eigenvalue weighted by Crippen LogP contribution is 1.99. The molecule has 3 heteroatoms. The zero-order chi connectivity index (χ0) is 6.10. The standard InChI is InChI=1S/C6H9N3/c1-2-7-6-8-3-5-9(6)4-1/h3,5H,1-2,4H2,(H,7,8)/p+1. The van der Waals surface area contributed by atoms with Crippen molar-refractivity contribution in [3.8, 4) is 0 Å². The molecule has 2 N–H and O–H groups in total. The zero-order valence-electron chi connectivity index (χ0n) is 5.22. The molecule has 0 saturated carbocycles. The van der Waals surface area contributed by atoms with Crippen LogP contribution in [0.3, 0.4) is 0 Å². The van der Waals surface area contributed by atoms with Crippen molar-refractivity contribution in [1.29, 1.82) is 0 Å². The maximum absolute atomic E-state index is 3.25. The van der Waals surface area contributed by atoms with Crippen LogP contribution in [0.1, 0.15) is 6.42 Å². The molecule has 0 amide bonds. The van der Waals surface area contributed by atoms with Gasteiger partial charge in [0.1, 0.15) is 0 Å². The lowest BCUT2D eigenvalue weighted by molar-refractivity contribution is -0.685. The molecule has 0 aromatic carbocycles. The van der Waals surface area contributed by atoms with Crippen LogP contribution in [-0.2, 0) is 6.54 Å². The Hall–Kier alpha value is -0.990. The van der Waals surface area contributed by atoms with Crippen LogP contribution in [0, 0.1) is 0 Å². The number of fused-ring (bicyclic) bond motifs is 1. The third kappa shape index (κ3) is 0.686. The Kier molecular flexibility index (Phi) is 0.946. The third-order valence-electron chi connectivity index (χ3n) is 1.63. The molecule has 0 bridgehead atoms.